The van der Waals surface area contributed by atoms with E-state index in [2.05, 4.69) is 278 Å². The van der Waals surface area contributed by atoms with Gasteiger partial charge in [0.1, 0.15) is 0 Å². The van der Waals surface area contributed by atoms with Gasteiger partial charge >= 0.3 is 0 Å². The van der Waals surface area contributed by atoms with Crippen molar-refractivity contribution in [1.29, 1.82) is 0 Å². The van der Waals surface area contributed by atoms with E-state index in [0.29, 0.717) is 0 Å². The highest BCUT2D eigenvalue weighted by molar-refractivity contribution is 6.04. The summed E-state index contributed by atoms with van der Waals surface area (Å²) in [5, 5.41) is 2.48. The van der Waals surface area contributed by atoms with Gasteiger partial charge in [0.05, 0.1) is 5.41 Å². The Balaban J connectivity index is 1.10. The quantitative estimate of drug-likeness (QED) is 0.140. The molecule has 1 heteroatoms. The summed E-state index contributed by atoms with van der Waals surface area (Å²) in [6.07, 6.45) is 0. The highest BCUT2D eigenvalue weighted by Crippen LogP contribution is 2.57. The smallest absolute Gasteiger partial charge is 0.0714 e. The fourth-order valence-corrected chi connectivity index (χ4v) is 10.6. The first kappa shape index (κ1) is 39.1. The third-order valence-electron chi connectivity index (χ3n) is 13.5. The van der Waals surface area contributed by atoms with Crippen molar-refractivity contribution in [2.24, 2.45) is 0 Å². The molecule has 12 rings (SSSR count). The molecule has 0 spiro atoms. The lowest BCUT2D eigenvalue weighted by molar-refractivity contribution is 0.768. The number of nitrogens with zero attached hydrogens (tertiary/aromatic N) is 1. The van der Waals surface area contributed by atoms with E-state index >= 15 is 0 Å². The van der Waals surface area contributed by atoms with Gasteiger partial charge in [0.25, 0.3) is 0 Å². The Morgan fingerprint density at radius 3 is 1.36 bits per heavy atom. The molecule has 11 aromatic carbocycles. The second-order valence-corrected chi connectivity index (χ2v) is 17.2. The van der Waals surface area contributed by atoms with Crippen LogP contribution in [0.25, 0.3) is 66.4 Å². The van der Waals surface area contributed by atoms with Gasteiger partial charge in [-0.05, 0) is 131 Å². The van der Waals surface area contributed by atoms with Gasteiger partial charge in [-0.1, -0.05) is 231 Å². The number of anilines is 3. The molecule has 310 valence electrons. The second kappa shape index (κ2) is 16.6. The van der Waals surface area contributed by atoms with E-state index < -0.39 is 5.41 Å². The zero-order valence-electron chi connectivity index (χ0n) is 36.4. The van der Waals surface area contributed by atoms with Crippen molar-refractivity contribution in [2.75, 3.05) is 4.90 Å². The molecule has 0 heterocycles. The van der Waals surface area contributed by atoms with Gasteiger partial charge in [0.2, 0.25) is 0 Å². The molecule has 0 aromatic heterocycles. The lowest BCUT2D eigenvalue weighted by Crippen LogP contribution is -2.28. The molecule has 0 radical (unpaired) electrons. The molecule has 0 aliphatic heterocycles. The van der Waals surface area contributed by atoms with Crippen LogP contribution in [0.3, 0.4) is 0 Å². The Morgan fingerprint density at radius 2 is 0.742 bits per heavy atom. The summed E-state index contributed by atoms with van der Waals surface area (Å²) >= 11 is 0. The minimum atomic E-state index is -0.537. The fraction of sp³-hybridized carbons (Fsp3) is 0.0154. The third-order valence-corrected chi connectivity index (χ3v) is 13.5. The number of hydrogen-bond donors (Lipinski definition) is 0. The van der Waals surface area contributed by atoms with Gasteiger partial charge in [-0.3, -0.25) is 0 Å². The summed E-state index contributed by atoms with van der Waals surface area (Å²) in [4.78, 5) is 2.46. The predicted molar refractivity (Wildman–Crippen MR) is 278 cm³/mol. The van der Waals surface area contributed by atoms with Crippen LogP contribution in [0.4, 0.5) is 17.1 Å². The lowest BCUT2D eigenvalue weighted by Gasteiger charge is -2.35. The maximum Gasteiger partial charge on any atom is 0.0714 e. The van der Waals surface area contributed by atoms with Crippen LogP contribution >= 0.6 is 0 Å². The van der Waals surface area contributed by atoms with Crippen molar-refractivity contribution < 1.29 is 0 Å². The van der Waals surface area contributed by atoms with Crippen molar-refractivity contribution in [2.45, 2.75) is 5.41 Å². The van der Waals surface area contributed by atoms with E-state index in [4.69, 9.17) is 0 Å². The summed E-state index contributed by atoms with van der Waals surface area (Å²) in [7, 11) is 0. The average molecular weight is 840 g/mol. The van der Waals surface area contributed by atoms with Crippen molar-refractivity contribution in [1.82, 2.24) is 0 Å². The van der Waals surface area contributed by atoms with Crippen molar-refractivity contribution >= 4 is 27.8 Å². The van der Waals surface area contributed by atoms with Crippen LogP contribution in [-0.2, 0) is 5.41 Å². The topological polar surface area (TPSA) is 3.24 Å². The van der Waals surface area contributed by atoms with Gasteiger partial charge in [-0.15, -0.1) is 0 Å². The van der Waals surface area contributed by atoms with Crippen LogP contribution in [0.1, 0.15) is 22.3 Å². The largest absolute Gasteiger partial charge is 0.310 e. The maximum atomic E-state index is 2.47. The Morgan fingerprint density at radius 1 is 0.258 bits per heavy atom. The first-order chi connectivity index (χ1) is 32.7. The Bertz CT molecular complexity index is 3390. The van der Waals surface area contributed by atoms with E-state index in [-0.39, 0.29) is 0 Å². The fourth-order valence-electron chi connectivity index (χ4n) is 10.6. The van der Waals surface area contributed by atoms with E-state index in [1.54, 1.807) is 0 Å². The lowest BCUT2D eigenvalue weighted by atomic mass is 9.67. The molecular formula is C65H45N. The molecule has 11 aromatic rings. The van der Waals surface area contributed by atoms with Crippen LogP contribution in [0.5, 0.6) is 0 Å². The molecule has 66 heavy (non-hydrogen) atoms. The highest BCUT2D eigenvalue weighted by atomic mass is 15.1. The minimum absolute atomic E-state index is 0.537. The molecule has 0 atom stereocenters. The summed E-state index contributed by atoms with van der Waals surface area (Å²) in [5.74, 6) is 0. The first-order valence-electron chi connectivity index (χ1n) is 22.8. The normalized spacial score (nSPS) is 12.4. The molecule has 0 unspecified atom stereocenters. The van der Waals surface area contributed by atoms with Crippen molar-refractivity contribution in [3.63, 3.8) is 0 Å². The standard InChI is InChI=1S/C65H45N/c1-6-20-46(21-7-1)51-42-52(47-22-8-2-9-23-47)44-57(43-51)66(55-37-34-49(35-38-55)59-40-36-48-24-16-17-31-58(48)64(59)50-25-10-3-11-26-50)56-39-41-61-60-32-18-19-33-62(60)65(63(61)45-56,53-27-12-4-13-28-53)54-29-14-5-15-30-54/h1-45H. The van der Waals surface area contributed by atoms with E-state index in [9.17, 15) is 0 Å². The third kappa shape index (κ3) is 6.64. The maximum absolute atomic E-state index is 2.47. The zero-order chi connectivity index (χ0) is 43.9. The van der Waals surface area contributed by atoms with E-state index in [1.165, 1.54) is 77.5 Å². The molecule has 0 amide bonds. The summed E-state index contributed by atoms with van der Waals surface area (Å²) in [6.45, 7) is 0. The van der Waals surface area contributed by atoms with E-state index in [0.717, 1.165) is 28.2 Å². The molecule has 0 fully saturated rings. The van der Waals surface area contributed by atoms with Gasteiger partial charge in [0, 0.05) is 17.1 Å². The van der Waals surface area contributed by atoms with Gasteiger partial charge < -0.3 is 4.90 Å². The van der Waals surface area contributed by atoms with Gasteiger partial charge in [-0.2, -0.15) is 0 Å². The van der Waals surface area contributed by atoms with Gasteiger partial charge in [0.15, 0.2) is 0 Å². The van der Waals surface area contributed by atoms with Crippen LogP contribution in [0, 0.1) is 0 Å². The first-order valence-corrected chi connectivity index (χ1v) is 22.8. The zero-order valence-corrected chi connectivity index (χ0v) is 36.4. The summed E-state index contributed by atoms with van der Waals surface area (Å²) in [5.41, 5.74) is 19.8. The average Bonchev–Trinajstić information content (AvgIpc) is 3.70. The predicted octanol–water partition coefficient (Wildman–Crippen LogP) is 17.3. The number of fused-ring (bicyclic) bond motifs is 4. The highest BCUT2D eigenvalue weighted by Gasteiger charge is 2.46. The minimum Gasteiger partial charge on any atom is -0.310 e. The summed E-state index contributed by atoms with van der Waals surface area (Å²) in [6, 6.07) is 100. The number of hydrogen-bond acceptors (Lipinski definition) is 1. The molecule has 0 saturated heterocycles. The monoisotopic (exact) mass is 839 g/mol. The number of rotatable bonds is 9. The molecule has 0 bridgehead atoms. The second-order valence-electron chi connectivity index (χ2n) is 17.2. The van der Waals surface area contributed by atoms with Crippen LogP contribution < -0.4 is 4.90 Å². The van der Waals surface area contributed by atoms with Crippen LogP contribution in [-0.4, -0.2) is 0 Å². The Hall–Kier alpha value is -8.52. The van der Waals surface area contributed by atoms with Gasteiger partial charge in [-0.25, -0.2) is 0 Å². The van der Waals surface area contributed by atoms with Crippen LogP contribution in [0.2, 0.25) is 0 Å². The Kier molecular flexibility index (Phi) is 9.81. The molecule has 1 nitrogen and oxygen atoms in total. The Labute approximate surface area is 387 Å². The molecule has 1 aliphatic rings. The van der Waals surface area contributed by atoms with E-state index in [1.807, 2.05) is 0 Å². The van der Waals surface area contributed by atoms with Crippen molar-refractivity contribution in [3.8, 4) is 55.6 Å². The molecule has 0 N–H and O–H groups in total. The SMILES string of the molecule is c1ccc(-c2cc(-c3ccccc3)cc(N(c3ccc(-c4ccc5ccccc5c4-c4ccccc4)cc3)c3ccc4c(c3)C(c3ccccc3)(c3ccccc3)c3ccccc3-4)c2)cc1. The molecular weight excluding hydrogens is 795 g/mol. The number of benzene rings is 11. The summed E-state index contributed by atoms with van der Waals surface area (Å²) < 4.78 is 0. The molecule has 1 aliphatic carbocycles. The van der Waals surface area contributed by atoms with Crippen LogP contribution in [0.15, 0.2) is 273 Å². The van der Waals surface area contributed by atoms with Crippen molar-refractivity contribution in [3.05, 3.63) is 295 Å². The molecule has 0 saturated carbocycles.